The molecule has 2 aromatic rings. The molecule has 0 unspecified atom stereocenters. The van der Waals surface area contributed by atoms with Gasteiger partial charge in [0.2, 0.25) is 10.0 Å². The maximum Gasteiger partial charge on any atom is 0.271 e. The van der Waals surface area contributed by atoms with E-state index in [0.717, 1.165) is 29.7 Å². The number of nitrogens with zero attached hydrogens (tertiary/aromatic N) is 2. The van der Waals surface area contributed by atoms with Gasteiger partial charge in [-0.3, -0.25) is 4.79 Å². The molecule has 1 N–H and O–H groups in total. The molecule has 0 aliphatic rings. The van der Waals surface area contributed by atoms with Gasteiger partial charge >= 0.3 is 0 Å². The highest BCUT2D eigenvalue weighted by Gasteiger charge is 2.20. The Morgan fingerprint density at radius 2 is 1.67 bits per heavy atom. The Bertz CT molecular complexity index is 979. The van der Waals surface area contributed by atoms with Crippen molar-refractivity contribution in [1.29, 1.82) is 0 Å². The van der Waals surface area contributed by atoms with Crippen molar-refractivity contribution in [1.82, 2.24) is 9.73 Å². The first-order valence-corrected chi connectivity index (χ1v) is 11.5. The van der Waals surface area contributed by atoms with Gasteiger partial charge in [0.25, 0.3) is 5.91 Å². The van der Waals surface area contributed by atoms with E-state index in [1.165, 1.54) is 4.31 Å². The quantitative estimate of drug-likeness (QED) is 0.475. The molecule has 30 heavy (non-hydrogen) atoms. The van der Waals surface area contributed by atoms with E-state index in [1.807, 2.05) is 13.8 Å². The van der Waals surface area contributed by atoms with E-state index in [4.69, 9.17) is 0 Å². The second-order valence-electron chi connectivity index (χ2n) is 7.99. The molecule has 0 aliphatic heterocycles. The second-order valence-corrected chi connectivity index (χ2v) is 10.0. The second kappa shape index (κ2) is 10.5. The number of aryl methyl sites for hydroxylation is 1. The first-order chi connectivity index (χ1) is 14.1. The Balaban J connectivity index is 1.99. The van der Waals surface area contributed by atoms with Gasteiger partial charge in [-0.05, 0) is 62.4 Å². The lowest BCUT2D eigenvalue weighted by molar-refractivity contribution is 0.0954. The van der Waals surface area contributed by atoms with Crippen LogP contribution in [0.25, 0.3) is 0 Å². The van der Waals surface area contributed by atoms with Gasteiger partial charge in [-0.15, -0.1) is 0 Å². The molecule has 162 valence electrons. The summed E-state index contributed by atoms with van der Waals surface area (Å²) in [6.45, 7) is 8.32. The van der Waals surface area contributed by atoms with E-state index in [-0.39, 0.29) is 17.3 Å². The molecule has 2 aromatic carbocycles. The Morgan fingerprint density at radius 1 is 1.07 bits per heavy atom. The van der Waals surface area contributed by atoms with E-state index in [9.17, 15) is 13.2 Å². The lowest BCUT2D eigenvalue weighted by Crippen LogP contribution is -2.26. The highest BCUT2D eigenvalue weighted by Crippen LogP contribution is 2.17. The monoisotopic (exact) mass is 429 g/mol. The molecule has 0 aliphatic carbocycles. The molecule has 0 aromatic heterocycles. The number of sulfonamides is 1. The van der Waals surface area contributed by atoms with Crippen LogP contribution in [0.5, 0.6) is 0 Å². The van der Waals surface area contributed by atoms with Crippen LogP contribution in [0.15, 0.2) is 58.5 Å². The summed E-state index contributed by atoms with van der Waals surface area (Å²) in [4.78, 5) is 12.5. The molecule has 1 amide bonds. The molecule has 0 fully saturated rings. The molecule has 0 radical (unpaired) electrons. The van der Waals surface area contributed by atoms with Crippen molar-refractivity contribution < 1.29 is 13.2 Å². The predicted molar refractivity (Wildman–Crippen MR) is 121 cm³/mol. The number of hydrogen-bond acceptors (Lipinski definition) is 4. The lowest BCUT2D eigenvalue weighted by atomic mass is 10.1. The Morgan fingerprint density at radius 3 is 2.23 bits per heavy atom. The molecule has 6 nitrogen and oxygen atoms in total. The van der Waals surface area contributed by atoms with Crippen molar-refractivity contribution in [3.8, 4) is 0 Å². The van der Waals surface area contributed by atoms with Crippen molar-refractivity contribution in [3.05, 3.63) is 65.2 Å². The van der Waals surface area contributed by atoms with Gasteiger partial charge in [0, 0.05) is 24.9 Å². The zero-order chi connectivity index (χ0) is 22.3. The smallest absolute Gasteiger partial charge is 0.267 e. The largest absolute Gasteiger partial charge is 0.271 e. The summed E-state index contributed by atoms with van der Waals surface area (Å²) in [6.07, 6.45) is 1.87. The van der Waals surface area contributed by atoms with Gasteiger partial charge in [0.15, 0.2) is 0 Å². The first-order valence-electron chi connectivity index (χ1n) is 10.0. The first kappa shape index (κ1) is 23.8. The minimum absolute atomic E-state index is 0.213. The van der Waals surface area contributed by atoms with Gasteiger partial charge in [-0.1, -0.05) is 43.7 Å². The summed E-state index contributed by atoms with van der Waals surface area (Å²) in [5.74, 6) is 0.303. The number of carbonyl (C=O) groups is 1. The van der Waals surface area contributed by atoms with Crippen LogP contribution >= 0.6 is 0 Å². The Kier molecular flexibility index (Phi) is 8.32. The van der Waals surface area contributed by atoms with Gasteiger partial charge in [-0.25, -0.2) is 13.8 Å². The summed E-state index contributed by atoms with van der Waals surface area (Å²) in [5, 5.41) is 4.14. The lowest BCUT2D eigenvalue weighted by Gasteiger charge is -2.17. The summed E-state index contributed by atoms with van der Waals surface area (Å²) >= 11 is 0. The molecule has 2 rings (SSSR count). The number of nitrogens with one attached hydrogen (secondary N) is 1. The minimum atomic E-state index is -3.57. The van der Waals surface area contributed by atoms with Crippen LogP contribution in [0.1, 0.15) is 55.1 Å². The summed E-state index contributed by atoms with van der Waals surface area (Å²) in [6, 6.07) is 13.6. The molecule has 0 spiro atoms. The fraction of sp³-hybridized carbons (Fsp3) is 0.391. The number of amides is 1. The molecule has 0 saturated heterocycles. The van der Waals surface area contributed by atoms with Crippen molar-refractivity contribution >= 4 is 21.6 Å². The maximum atomic E-state index is 12.7. The van der Waals surface area contributed by atoms with Crippen molar-refractivity contribution in [2.75, 3.05) is 7.05 Å². The van der Waals surface area contributed by atoms with Crippen LogP contribution in [0.2, 0.25) is 0 Å². The number of hydrogen-bond donors (Lipinski definition) is 1. The molecule has 7 heteroatoms. The minimum Gasteiger partial charge on any atom is -0.267 e. The molecule has 0 atom stereocenters. The highest BCUT2D eigenvalue weighted by molar-refractivity contribution is 7.89. The van der Waals surface area contributed by atoms with Crippen LogP contribution in [-0.4, -0.2) is 31.4 Å². The third-order valence-corrected chi connectivity index (χ3v) is 6.60. The van der Waals surface area contributed by atoms with Crippen LogP contribution in [0.4, 0.5) is 0 Å². The van der Waals surface area contributed by atoms with E-state index in [2.05, 4.69) is 24.4 Å². The molecule has 0 saturated carbocycles. The predicted octanol–water partition coefficient (Wildman–Crippen LogP) is 4.36. The number of rotatable bonds is 9. The topological polar surface area (TPSA) is 78.8 Å². The average molecular weight is 430 g/mol. The summed E-state index contributed by atoms with van der Waals surface area (Å²) in [5.41, 5.74) is 5.73. The van der Waals surface area contributed by atoms with Crippen LogP contribution in [0, 0.1) is 12.8 Å². The van der Waals surface area contributed by atoms with E-state index < -0.39 is 10.0 Å². The third kappa shape index (κ3) is 6.78. The fourth-order valence-electron chi connectivity index (χ4n) is 2.76. The average Bonchev–Trinajstić information content (AvgIpc) is 2.71. The maximum absolute atomic E-state index is 12.7. The zero-order valence-corrected chi connectivity index (χ0v) is 19.2. The zero-order valence-electron chi connectivity index (χ0n) is 18.3. The summed E-state index contributed by atoms with van der Waals surface area (Å²) < 4.78 is 26.7. The van der Waals surface area contributed by atoms with E-state index in [0.29, 0.717) is 11.5 Å². The van der Waals surface area contributed by atoms with Crippen molar-refractivity contribution in [3.63, 3.8) is 0 Å². The highest BCUT2D eigenvalue weighted by atomic mass is 32.2. The SMILES string of the molecule is C/C(CCC(C)C)=N/NC(=O)c1ccc(CN(C)S(=O)(=O)c2ccc(C)cc2)cc1. The van der Waals surface area contributed by atoms with Crippen LogP contribution < -0.4 is 5.43 Å². The number of carbonyl (C=O) groups excluding carboxylic acids is 1. The molecule has 0 heterocycles. The van der Waals surface area contributed by atoms with Crippen molar-refractivity contribution in [2.24, 2.45) is 11.0 Å². The standard InChI is InChI=1S/C23H31N3O3S/c1-17(2)6-9-19(4)24-25-23(27)21-12-10-20(11-13-21)16-26(5)30(28,29)22-14-7-18(3)8-15-22/h7-8,10-15,17H,6,9,16H2,1-5H3,(H,25,27)/b24-19-. The Labute approximate surface area is 180 Å². The van der Waals surface area contributed by atoms with E-state index >= 15 is 0 Å². The van der Waals surface area contributed by atoms with Gasteiger partial charge in [-0.2, -0.15) is 9.41 Å². The summed E-state index contributed by atoms with van der Waals surface area (Å²) in [7, 11) is -2.03. The van der Waals surface area contributed by atoms with Gasteiger partial charge < -0.3 is 0 Å². The van der Waals surface area contributed by atoms with Crippen molar-refractivity contribution in [2.45, 2.75) is 52.0 Å². The van der Waals surface area contributed by atoms with Gasteiger partial charge in [0.05, 0.1) is 4.90 Å². The molecule has 0 bridgehead atoms. The fourth-order valence-corrected chi connectivity index (χ4v) is 3.92. The normalized spacial score (nSPS) is 12.4. The molecular weight excluding hydrogens is 398 g/mol. The third-order valence-electron chi connectivity index (χ3n) is 4.78. The molecular formula is C23H31N3O3S. The van der Waals surface area contributed by atoms with Crippen LogP contribution in [0.3, 0.4) is 0 Å². The van der Waals surface area contributed by atoms with Gasteiger partial charge in [0.1, 0.15) is 0 Å². The number of hydrazone groups is 1. The van der Waals surface area contributed by atoms with E-state index in [1.54, 1.807) is 55.6 Å². The number of benzene rings is 2. The Hall–Kier alpha value is -2.51. The van der Waals surface area contributed by atoms with Crippen LogP contribution in [-0.2, 0) is 16.6 Å².